The predicted octanol–water partition coefficient (Wildman–Crippen LogP) is 0.956. The van der Waals surface area contributed by atoms with E-state index in [-0.39, 0.29) is 29.8 Å². The Balaban J connectivity index is 1.97. The van der Waals surface area contributed by atoms with Crippen LogP contribution in [0.4, 0.5) is 0 Å². The molecular weight excluding hydrogens is 326 g/mol. The molecule has 2 unspecified atom stereocenters. The van der Waals surface area contributed by atoms with E-state index < -0.39 is 25.1 Å². The second-order valence-electron chi connectivity index (χ2n) is 5.61. The van der Waals surface area contributed by atoms with Crippen LogP contribution in [-0.4, -0.2) is 52.7 Å². The maximum atomic E-state index is 12.9. The Kier molecular flexibility index (Phi) is 4.05. The highest BCUT2D eigenvalue weighted by Crippen LogP contribution is 2.39. The highest BCUT2D eigenvalue weighted by Gasteiger charge is 2.45. The second-order valence-corrected chi connectivity index (χ2v) is 9.73. The van der Waals surface area contributed by atoms with Gasteiger partial charge in [-0.3, -0.25) is 0 Å². The molecule has 1 saturated heterocycles. The number of rotatable bonds is 3. The van der Waals surface area contributed by atoms with Crippen molar-refractivity contribution in [3.05, 3.63) is 29.8 Å². The summed E-state index contributed by atoms with van der Waals surface area (Å²) in [5.74, 6) is -0.372. The van der Waals surface area contributed by atoms with E-state index in [1.54, 1.807) is 18.2 Å². The lowest BCUT2D eigenvalue weighted by atomic mass is 10.2. The smallest absolute Gasteiger partial charge is 0.222 e. The molecule has 1 aromatic rings. The third-order valence-corrected chi connectivity index (χ3v) is 8.46. The average Bonchev–Trinajstić information content (AvgIpc) is 2.80. The summed E-state index contributed by atoms with van der Waals surface area (Å²) in [5, 5.41) is -1.01. The Labute approximate surface area is 131 Å². The minimum atomic E-state index is -3.72. The molecule has 0 radical (unpaired) electrons. The molecule has 6 nitrogen and oxygen atoms in total. The number of ether oxygens (including phenoxy) is 1. The standard InChI is InChI=1S/C14H19NO5S2/c1-2-11-9-15(7-8-20-11)22(18,19)14-10-21(16,17)13-6-4-3-5-12(13)14/h3-6,11,14H,2,7-10H2,1H3. The van der Waals surface area contributed by atoms with Crippen molar-refractivity contribution in [1.82, 2.24) is 4.31 Å². The van der Waals surface area contributed by atoms with Crippen LogP contribution < -0.4 is 0 Å². The van der Waals surface area contributed by atoms with Gasteiger partial charge in [0.15, 0.2) is 9.84 Å². The van der Waals surface area contributed by atoms with Gasteiger partial charge >= 0.3 is 0 Å². The summed E-state index contributed by atoms with van der Waals surface area (Å²) < 4.78 is 57.1. The summed E-state index contributed by atoms with van der Waals surface area (Å²) >= 11 is 0. The lowest BCUT2D eigenvalue weighted by Crippen LogP contribution is -2.47. The maximum Gasteiger partial charge on any atom is 0.222 e. The number of benzene rings is 1. The van der Waals surface area contributed by atoms with E-state index in [4.69, 9.17) is 4.74 Å². The van der Waals surface area contributed by atoms with E-state index in [1.165, 1.54) is 10.4 Å². The third kappa shape index (κ3) is 2.58. The first-order chi connectivity index (χ1) is 10.4. The summed E-state index contributed by atoms with van der Waals surface area (Å²) in [6.45, 7) is 2.85. The highest BCUT2D eigenvalue weighted by atomic mass is 32.2. The highest BCUT2D eigenvalue weighted by molar-refractivity contribution is 7.95. The summed E-state index contributed by atoms with van der Waals surface area (Å²) in [7, 11) is -7.25. The first kappa shape index (κ1) is 15.9. The monoisotopic (exact) mass is 345 g/mol. The van der Waals surface area contributed by atoms with Crippen LogP contribution in [0.25, 0.3) is 0 Å². The number of hydrogen-bond acceptors (Lipinski definition) is 5. The van der Waals surface area contributed by atoms with Crippen LogP contribution in [0.1, 0.15) is 24.2 Å². The fourth-order valence-corrected chi connectivity index (χ4v) is 7.51. The van der Waals surface area contributed by atoms with Crippen molar-refractivity contribution in [3.8, 4) is 0 Å². The number of fused-ring (bicyclic) bond motifs is 1. The zero-order valence-corrected chi connectivity index (χ0v) is 13.9. The number of sulfone groups is 1. The molecule has 0 spiro atoms. The van der Waals surface area contributed by atoms with Gasteiger partial charge < -0.3 is 4.74 Å². The second kappa shape index (κ2) is 5.59. The fraction of sp³-hybridized carbons (Fsp3) is 0.571. The average molecular weight is 345 g/mol. The molecule has 1 aromatic carbocycles. The van der Waals surface area contributed by atoms with E-state index in [2.05, 4.69) is 0 Å². The van der Waals surface area contributed by atoms with Crippen LogP contribution >= 0.6 is 0 Å². The van der Waals surface area contributed by atoms with E-state index >= 15 is 0 Å². The molecule has 8 heteroatoms. The molecule has 0 aliphatic carbocycles. The summed E-state index contributed by atoms with van der Waals surface area (Å²) in [4.78, 5) is 0.142. The van der Waals surface area contributed by atoms with Gasteiger partial charge in [0, 0.05) is 13.1 Å². The molecule has 2 aliphatic heterocycles. The Bertz CT molecular complexity index is 772. The van der Waals surface area contributed by atoms with Crippen LogP contribution in [0.15, 0.2) is 29.2 Å². The largest absolute Gasteiger partial charge is 0.375 e. The third-order valence-electron chi connectivity index (χ3n) is 4.25. The molecule has 2 atom stereocenters. The van der Waals surface area contributed by atoms with E-state index in [0.29, 0.717) is 12.2 Å². The number of sulfonamides is 1. The van der Waals surface area contributed by atoms with Crippen LogP contribution in [0, 0.1) is 0 Å². The lowest BCUT2D eigenvalue weighted by Gasteiger charge is -2.33. The molecule has 0 amide bonds. The van der Waals surface area contributed by atoms with E-state index in [9.17, 15) is 16.8 Å². The van der Waals surface area contributed by atoms with Crippen molar-refractivity contribution in [2.75, 3.05) is 25.4 Å². The summed E-state index contributed by atoms with van der Waals surface area (Å²) in [6, 6.07) is 6.37. The van der Waals surface area contributed by atoms with Gasteiger partial charge in [0.05, 0.1) is 23.4 Å². The minimum absolute atomic E-state index is 0.128. The number of morpholine rings is 1. The van der Waals surface area contributed by atoms with Crippen molar-refractivity contribution in [2.24, 2.45) is 0 Å². The van der Waals surface area contributed by atoms with Gasteiger partial charge in [0.25, 0.3) is 0 Å². The molecule has 1 fully saturated rings. The van der Waals surface area contributed by atoms with Gasteiger partial charge in [-0.15, -0.1) is 0 Å². The van der Waals surface area contributed by atoms with Gasteiger partial charge in [-0.05, 0) is 18.1 Å². The van der Waals surface area contributed by atoms with Crippen LogP contribution in [0.5, 0.6) is 0 Å². The molecule has 3 rings (SSSR count). The quantitative estimate of drug-likeness (QED) is 0.815. The van der Waals surface area contributed by atoms with Crippen molar-refractivity contribution in [2.45, 2.75) is 29.6 Å². The Morgan fingerprint density at radius 2 is 2.05 bits per heavy atom. The zero-order valence-electron chi connectivity index (χ0n) is 12.3. The Hall–Kier alpha value is -0.960. The number of hydrogen-bond donors (Lipinski definition) is 0. The number of nitrogens with zero attached hydrogens (tertiary/aromatic N) is 1. The van der Waals surface area contributed by atoms with Crippen molar-refractivity contribution < 1.29 is 21.6 Å². The molecule has 0 aromatic heterocycles. The molecule has 0 bridgehead atoms. The lowest BCUT2D eigenvalue weighted by molar-refractivity contribution is -0.00300. The molecular formula is C14H19NO5S2. The van der Waals surface area contributed by atoms with Crippen molar-refractivity contribution in [3.63, 3.8) is 0 Å². The molecule has 2 heterocycles. The zero-order chi connectivity index (χ0) is 16.0. The topological polar surface area (TPSA) is 80.8 Å². The summed E-state index contributed by atoms with van der Waals surface area (Å²) in [6.07, 6.45) is 0.600. The normalized spacial score (nSPS) is 28.4. The summed E-state index contributed by atoms with van der Waals surface area (Å²) in [5.41, 5.74) is 0.391. The first-order valence-electron chi connectivity index (χ1n) is 7.28. The van der Waals surface area contributed by atoms with E-state index in [0.717, 1.165) is 6.42 Å². The molecule has 0 saturated carbocycles. The van der Waals surface area contributed by atoms with Crippen LogP contribution in [-0.2, 0) is 24.6 Å². The van der Waals surface area contributed by atoms with Gasteiger partial charge in [-0.2, -0.15) is 4.31 Å². The Morgan fingerprint density at radius 3 is 2.77 bits per heavy atom. The molecule has 0 N–H and O–H groups in total. The predicted molar refractivity (Wildman–Crippen MR) is 81.8 cm³/mol. The molecule has 122 valence electrons. The Morgan fingerprint density at radius 1 is 1.32 bits per heavy atom. The van der Waals surface area contributed by atoms with Gasteiger partial charge in [0.2, 0.25) is 10.0 Å². The maximum absolute atomic E-state index is 12.9. The molecule has 2 aliphatic rings. The molecule has 22 heavy (non-hydrogen) atoms. The van der Waals surface area contributed by atoms with Gasteiger partial charge in [-0.25, -0.2) is 16.8 Å². The van der Waals surface area contributed by atoms with Crippen molar-refractivity contribution in [1.29, 1.82) is 0 Å². The van der Waals surface area contributed by atoms with Gasteiger partial charge in [-0.1, -0.05) is 25.1 Å². The van der Waals surface area contributed by atoms with Gasteiger partial charge in [0.1, 0.15) is 5.25 Å². The van der Waals surface area contributed by atoms with Crippen molar-refractivity contribution >= 4 is 19.9 Å². The van der Waals surface area contributed by atoms with Crippen LogP contribution in [0.2, 0.25) is 0 Å². The van der Waals surface area contributed by atoms with E-state index in [1.807, 2.05) is 6.92 Å². The first-order valence-corrected chi connectivity index (χ1v) is 10.4. The SMILES string of the molecule is CCC1CN(S(=O)(=O)C2CS(=O)(=O)c3ccccc32)CCO1. The van der Waals surface area contributed by atoms with Crippen LogP contribution in [0.3, 0.4) is 0 Å². The minimum Gasteiger partial charge on any atom is -0.375 e. The fourth-order valence-electron chi connectivity index (χ4n) is 3.01.